The lowest BCUT2D eigenvalue weighted by molar-refractivity contribution is -0.371. The lowest BCUT2D eigenvalue weighted by atomic mass is 9.72. The van der Waals surface area contributed by atoms with E-state index in [1.165, 1.54) is 20.1 Å². The molecule has 24 heteroatoms. The normalized spacial score (nSPS) is 52.1. The van der Waals surface area contributed by atoms with Crippen molar-refractivity contribution in [3.63, 3.8) is 0 Å². The van der Waals surface area contributed by atoms with Crippen LogP contribution in [-0.2, 0) is 42.7 Å². The number of methoxy groups -OCH3 is 1. The smallest absolute Gasteiger partial charge is 0.330 e. The molecule has 0 amide bonds. The Bertz CT molecular complexity index is 1600. The molecule has 0 aromatic rings. The first-order chi connectivity index (χ1) is 31.8. The maximum atomic E-state index is 12.7. The van der Waals surface area contributed by atoms with Crippen LogP contribution in [0.15, 0.2) is 12.2 Å². The molecular formula is C43H71O24+. The van der Waals surface area contributed by atoms with E-state index in [-0.39, 0.29) is 44.1 Å². The van der Waals surface area contributed by atoms with E-state index in [4.69, 9.17) is 42.6 Å². The second kappa shape index (κ2) is 22.8. The Hall–Kier alpha value is -1.67. The predicted octanol–water partition coefficient (Wildman–Crippen LogP) is -6.58. The minimum atomic E-state index is -1.87. The van der Waals surface area contributed by atoms with Crippen LogP contribution in [-0.4, -0.2) is 256 Å². The Morgan fingerprint density at radius 3 is 1.79 bits per heavy atom. The Labute approximate surface area is 386 Å². The first kappa shape index (κ1) is 53.1. The van der Waals surface area contributed by atoms with Gasteiger partial charge < -0.3 is 114 Å². The van der Waals surface area contributed by atoms with Crippen LogP contribution >= 0.6 is 0 Å². The van der Waals surface area contributed by atoms with Gasteiger partial charge in [0.05, 0.1) is 55.3 Å². The zero-order valence-electron chi connectivity index (χ0n) is 37.3. The van der Waals surface area contributed by atoms with Crippen molar-refractivity contribution in [1.82, 2.24) is 0 Å². The number of aliphatic hydroxyl groups excluding tert-OH is 14. The van der Waals surface area contributed by atoms with Gasteiger partial charge in [0.15, 0.2) is 31.1 Å². The summed E-state index contributed by atoms with van der Waals surface area (Å²) in [7, 11) is 1.50. The summed E-state index contributed by atoms with van der Waals surface area (Å²) in [5, 5.41) is 150. The highest BCUT2D eigenvalue weighted by Crippen LogP contribution is 2.44. The lowest BCUT2D eigenvalue weighted by Crippen LogP contribution is -2.64. The topological polar surface area (TPSA) is 387 Å². The minimum Gasteiger partial charge on any atom is -0.460 e. The third kappa shape index (κ3) is 12.0. The largest absolute Gasteiger partial charge is 0.460 e. The second-order valence-electron chi connectivity index (χ2n) is 19.4. The number of rotatable bonds is 13. The first-order valence-corrected chi connectivity index (χ1v) is 23.3. The second-order valence-corrected chi connectivity index (χ2v) is 19.4. The fraction of sp³-hybridized carbons (Fsp3) is 0.930. The molecule has 7 aliphatic rings. The number of hydrogen-bond donors (Lipinski definition) is 14. The molecule has 0 aromatic heterocycles. The molecule has 386 valence electrons. The number of hydrogen-bond acceptors (Lipinski definition) is 23. The molecule has 26 unspecified atom stereocenters. The van der Waals surface area contributed by atoms with Crippen molar-refractivity contribution in [3.8, 4) is 0 Å². The van der Waals surface area contributed by atoms with Gasteiger partial charge in [0.25, 0.3) is 0 Å². The van der Waals surface area contributed by atoms with Crippen molar-refractivity contribution >= 4 is 5.97 Å². The number of allylic oxidation sites excluding steroid dienone is 1. The standard InChI is InChI=1S/C43H70O24/c1-15-30(49)34(53)37(56)41(62-15)61-14-28-33(52)36(55)39(58)43(67-28)65-26-12-19-23(63-40(26)17-8-21(46)31(50)22(47)9-17)10-18(44)11-24(19)64-42-38(57)35(54)32(51)27(66-42)13-60-29(48)6-4-16-3-5-20(45)25(7-16)59-2/h4,6,15-28,30-47,49-58H,3,5,7-14H2,1-2H3/p+1. The monoisotopic (exact) mass is 971 g/mol. The average Bonchev–Trinajstić information content (AvgIpc) is 3.30. The van der Waals surface area contributed by atoms with Crippen molar-refractivity contribution in [1.29, 1.82) is 0 Å². The maximum absolute atomic E-state index is 12.7. The van der Waals surface area contributed by atoms with Gasteiger partial charge in [0, 0.05) is 31.9 Å². The highest BCUT2D eigenvalue weighted by molar-refractivity contribution is 5.81. The molecule has 0 radical (unpaired) electrons. The fourth-order valence-electron chi connectivity index (χ4n) is 10.7. The molecule has 4 saturated heterocycles. The van der Waals surface area contributed by atoms with Crippen molar-refractivity contribution in [2.75, 3.05) is 20.3 Å². The van der Waals surface area contributed by atoms with Gasteiger partial charge in [0.1, 0.15) is 86.0 Å². The number of carbonyl (C=O) groups excluding carboxylic acids is 1. The van der Waals surface area contributed by atoms with Crippen molar-refractivity contribution < 1.29 is 119 Å². The summed E-state index contributed by atoms with van der Waals surface area (Å²) in [4.78, 5) is 12.7. The summed E-state index contributed by atoms with van der Waals surface area (Å²) in [6.07, 6.45) is -29.5. The first-order valence-electron chi connectivity index (χ1n) is 23.3. The van der Waals surface area contributed by atoms with Crippen LogP contribution in [0.2, 0.25) is 0 Å². The number of fused-ring (bicyclic) bond motifs is 1. The SMILES string of the molecule is COC1CC(C=CC(=O)OCC2OC(OC3CC(O)CC4[OH+]C(C5CC(O)C(O)C(O)C5)C(OC5OC(COC6OC(C)C(O)C(O)C6O)C(O)C(O)C5O)CC34)C(O)C(O)C2O)CCC1O. The highest BCUT2D eigenvalue weighted by Gasteiger charge is 2.57. The highest BCUT2D eigenvalue weighted by atomic mass is 16.7. The summed E-state index contributed by atoms with van der Waals surface area (Å²) in [5.74, 6) is -2.13. The molecule has 4 heterocycles. The number of carbonyl (C=O) groups is 1. The zero-order chi connectivity index (χ0) is 48.6. The number of aliphatic hydroxyl groups is 16. The molecule has 7 rings (SSSR count). The zero-order valence-corrected chi connectivity index (χ0v) is 37.3. The van der Waals surface area contributed by atoms with Gasteiger partial charge in [-0.3, -0.25) is 0 Å². The van der Waals surface area contributed by atoms with E-state index in [2.05, 4.69) is 0 Å². The van der Waals surface area contributed by atoms with Gasteiger partial charge in [-0.05, 0) is 51.4 Å². The molecule has 3 aliphatic carbocycles. The van der Waals surface area contributed by atoms with Crippen LogP contribution in [0.3, 0.4) is 0 Å². The summed E-state index contributed by atoms with van der Waals surface area (Å²) < 4.78 is 51.3. The predicted molar refractivity (Wildman–Crippen MR) is 220 cm³/mol. The third-order valence-electron chi connectivity index (χ3n) is 14.8. The van der Waals surface area contributed by atoms with Gasteiger partial charge in [-0.15, -0.1) is 0 Å². The van der Waals surface area contributed by atoms with E-state index >= 15 is 0 Å². The molecule has 0 bridgehead atoms. The van der Waals surface area contributed by atoms with E-state index in [9.17, 15) is 76.3 Å². The Kier molecular flexibility index (Phi) is 18.1. The Morgan fingerprint density at radius 1 is 0.582 bits per heavy atom. The van der Waals surface area contributed by atoms with Crippen LogP contribution in [0.5, 0.6) is 0 Å². The van der Waals surface area contributed by atoms with Crippen LogP contribution in [0.25, 0.3) is 0 Å². The van der Waals surface area contributed by atoms with Crippen molar-refractivity contribution in [3.05, 3.63) is 12.2 Å². The van der Waals surface area contributed by atoms with Crippen LogP contribution < -0.4 is 0 Å². The summed E-state index contributed by atoms with van der Waals surface area (Å²) >= 11 is 0. The number of esters is 1. The molecule has 67 heavy (non-hydrogen) atoms. The Morgan fingerprint density at radius 2 is 1.16 bits per heavy atom. The van der Waals surface area contributed by atoms with Gasteiger partial charge in [-0.2, -0.15) is 0 Å². The van der Waals surface area contributed by atoms with Gasteiger partial charge in [-0.1, -0.05) is 6.08 Å². The lowest BCUT2D eigenvalue weighted by Gasteiger charge is -2.50. The van der Waals surface area contributed by atoms with E-state index < -0.39 is 178 Å². The van der Waals surface area contributed by atoms with Crippen molar-refractivity contribution in [2.45, 2.75) is 211 Å². The maximum Gasteiger partial charge on any atom is 0.330 e. The van der Waals surface area contributed by atoms with Crippen LogP contribution in [0.4, 0.5) is 0 Å². The molecule has 0 aromatic carbocycles. The molecule has 3 saturated carbocycles. The molecule has 0 spiro atoms. The average molecular weight is 972 g/mol. The van der Waals surface area contributed by atoms with Gasteiger partial charge >= 0.3 is 5.97 Å². The Balaban J connectivity index is 1.05. The van der Waals surface area contributed by atoms with E-state index in [0.717, 1.165) is 0 Å². The third-order valence-corrected chi connectivity index (χ3v) is 14.8. The van der Waals surface area contributed by atoms with Gasteiger partial charge in [-0.25, -0.2) is 4.79 Å². The molecule has 4 aliphatic heterocycles. The summed E-state index contributed by atoms with van der Waals surface area (Å²) in [6.45, 7) is 0.322. The summed E-state index contributed by atoms with van der Waals surface area (Å²) in [6, 6.07) is 0. The fourth-order valence-corrected chi connectivity index (χ4v) is 10.7. The molecule has 24 nitrogen and oxygen atoms in total. The van der Waals surface area contributed by atoms with Crippen LogP contribution in [0, 0.1) is 17.8 Å². The molecule has 26 atom stereocenters. The number of ether oxygens (including phenoxy) is 9. The molecule has 15 N–H and O–H groups in total. The van der Waals surface area contributed by atoms with E-state index in [1.807, 2.05) is 0 Å². The van der Waals surface area contributed by atoms with Crippen molar-refractivity contribution in [2.24, 2.45) is 17.8 Å². The quantitative estimate of drug-likeness (QED) is 0.0463. The van der Waals surface area contributed by atoms with E-state index in [1.54, 1.807) is 6.08 Å². The molecule has 7 fully saturated rings. The van der Waals surface area contributed by atoms with Crippen LogP contribution in [0.1, 0.15) is 58.3 Å². The molecular weight excluding hydrogens is 900 g/mol. The minimum absolute atomic E-state index is 0.0144. The summed E-state index contributed by atoms with van der Waals surface area (Å²) in [5.41, 5.74) is 0. The van der Waals surface area contributed by atoms with E-state index in [0.29, 0.717) is 19.3 Å². The van der Waals surface area contributed by atoms with Gasteiger partial charge in [0.2, 0.25) is 0 Å².